The summed E-state index contributed by atoms with van der Waals surface area (Å²) in [7, 11) is 0. The Labute approximate surface area is 111 Å². The van der Waals surface area contributed by atoms with Gasteiger partial charge in [0.2, 0.25) is 5.91 Å². The molecule has 0 aromatic rings. The van der Waals surface area contributed by atoms with Gasteiger partial charge in [-0.05, 0) is 25.7 Å². The van der Waals surface area contributed by atoms with Crippen molar-refractivity contribution in [1.29, 1.82) is 0 Å². The summed E-state index contributed by atoms with van der Waals surface area (Å²) < 4.78 is 0. The summed E-state index contributed by atoms with van der Waals surface area (Å²) in [4.78, 5) is 12.5. The molecule has 0 bridgehead atoms. The van der Waals surface area contributed by atoms with Crippen LogP contribution in [-0.4, -0.2) is 16.4 Å². The van der Waals surface area contributed by atoms with Crippen molar-refractivity contribution < 1.29 is 4.79 Å². The normalized spacial score (nSPS) is 13.2. The molecule has 1 atom stereocenters. The van der Waals surface area contributed by atoms with E-state index in [9.17, 15) is 4.79 Å². The van der Waals surface area contributed by atoms with Crippen LogP contribution in [0.15, 0.2) is 0 Å². The molecule has 0 spiro atoms. The van der Waals surface area contributed by atoms with Gasteiger partial charge in [0.1, 0.15) is 0 Å². The van der Waals surface area contributed by atoms with Crippen molar-refractivity contribution in [3.8, 4) is 0 Å². The zero-order valence-corrected chi connectivity index (χ0v) is 12.3. The molecule has 1 amide bonds. The number of amides is 1. The lowest BCUT2D eigenvalue weighted by Crippen LogP contribution is -2.51. The Hall–Kier alpha value is -0.640. The van der Waals surface area contributed by atoms with E-state index in [2.05, 4.69) is 26.1 Å². The van der Waals surface area contributed by atoms with Crippen LogP contribution in [0.25, 0.3) is 0 Å². The van der Waals surface area contributed by atoms with Gasteiger partial charge in [-0.25, -0.2) is 0 Å². The maximum atomic E-state index is 12.2. The van der Waals surface area contributed by atoms with Gasteiger partial charge in [-0.3, -0.25) is 4.79 Å². The number of rotatable bonds is 8. The predicted molar refractivity (Wildman–Crippen MR) is 76.9 cm³/mol. The third kappa shape index (κ3) is 4.62. The Bertz CT molecular complexity index is 254. The minimum Gasteiger partial charge on any atom is -0.393 e. The Morgan fingerprint density at radius 3 is 2.00 bits per heavy atom. The lowest BCUT2D eigenvalue weighted by Gasteiger charge is -2.33. The van der Waals surface area contributed by atoms with Crippen molar-refractivity contribution in [2.45, 2.75) is 65.3 Å². The van der Waals surface area contributed by atoms with Gasteiger partial charge in [-0.1, -0.05) is 46.3 Å². The van der Waals surface area contributed by atoms with Crippen molar-refractivity contribution in [3.63, 3.8) is 0 Å². The summed E-state index contributed by atoms with van der Waals surface area (Å²) in [5.74, 6) is -0.330. The van der Waals surface area contributed by atoms with Crippen LogP contribution >= 0.6 is 12.2 Å². The number of carbonyl (C=O) groups excluding carboxylic acids is 1. The average Bonchev–Trinajstić information content (AvgIpc) is 2.32. The molecule has 0 rings (SSSR count). The van der Waals surface area contributed by atoms with Crippen LogP contribution in [-0.2, 0) is 4.79 Å². The molecule has 0 aliphatic rings. The fourth-order valence-electron chi connectivity index (χ4n) is 2.05. The van der Waals surface area contributed by atoms with Gasteiger partial charge in [0.25, 0.3) is 0 Å². The summed E-state index contributed by atoms with van der Waals surface area (Å²) in [6.45, 7) is 8.33. The van der Waals surface area contributed by atoms with Crippen LogP contribution in [0.2, 0.25) is 0 Å². The summed E-state index contributed by atoms with van der Waals surface area (Å²) >= 11 is 4.97. The van der Waals surface area contributed by atoms with E-state index in [-0.39, 0.29) is 17.4 Å². The molecule has 0 saturated carbocycles. The summed E-state index contributed by atoms with van der Waals surface area (Å²) in [6.07, 6.45) is 4.44. The molecule has 0 aromatic heterocycles. The molecule has 0 fully saturated rings. The number of nitrogens with one attached hydrogen (secondary N) is 1. The van der Waals surface area contributed by atoms with Crippen molar-refractivity contribution in [2.75, 3.05) is 0 Å². The maximum Gasteiger partial charge on any atom is 0.230 e. The van der Waals surface area contributed by atoms with Crippen molar-refractivity contribution in [2.24, 2.45) is 11.7 Å². The van der Waals surface area contributed by atoms with E-state index in [1.807, 2.05) is 6.92 Å². The van der Waals surface area contributed by atoms with Crippen LogP contribution in [0, 0.1) is 5.92 Å². The lowest BCUT2D eigenvalue weighted by atomic mass is 9.88. The smallest absolute Gasteiger partial charge is 0.230 e. The van der Waals surface area contributed by atoms with Crippen molar-refractivity contribution in [1.82, 2.24) is 5.32 Å². The maximum absolute atomic E-state index is 12.2. The number of thiocarbonyl (C=S) groups is 1. The molecule has 0 aliphatic carbocycles. The van der Waals surface area contributed by atoms with Crippen molar-refractivity contribution in [3.05, 3.63) is 0 Å². The molecular weight excluding hydrogens is 232 g/mol. The molecule has 4 heteroatoms. The monoisotopic (exact) mass is 258 g/mol. The summed E-state index contributed by atoms with van der Waals surface area (Å²) in [5.41, 5.74) is 5.53. The predicted octanol–water partition coefficient (Wildman–Crippen LogP) is 2.77. The first kappa shape index (κ1) is 16.4. The van der Waals surface area contributed by atoms with Crippen LogP contribution in [0.1, 0.15) is 59.8 Å². The quantitative estimate of drug-likeness (QED) is 0.658. The Morgan fingerprint density at radius 1 is 1.24 bits per heavy atom. The highest BCUT2D eigenvalue weighted by atomic mass is 32.1. The average molecular weight is 258 g/mol. The molecule has 1 unspecified atom stereocenters. The van der Waals surface area contributed by atoms with Gasteiger partial charge in [0.05, 0.1) is 10.9 Å². The number of nitrogens with two attached hydrogens (primary N) is 1. The van der Waals surface area contributed by atoms with Gasteiger partial charge in [0.15, 0.2) is 0 Å². The van der Waals surface area contributed by atoms with E-state index in [0.717, 1.165) is 32.1 Å². The fraction of sp³-hybridized carbons (Fsp3) is 0.846. The zero-order chi connectivity index (χ0) is 13.5. The number of carbonyl (C=O) groups is 1. The van der Waals surface area contributed by atoms with E-state index in [1.54, 1.807) is 0 Å². The third-order valence-corrected chi connectivity index (χ3v) is 3.94. The van der Waals surface area contributed by atoms with Crippen molar-refractivity contribution >= 4 is 23.1 Å². The SMILES string of the molecule is CCCC(C(=O)NC(CC)(CC)CC)C(N)=S. The van der Waals surface area contributed by atoms with Gasteiger partial charge in [0, 0.05) is 5.54 Å². The third-order valence-electron chi connectivity index (χ3n) is 3.66. The molecule has 0 aliphatic heterocycles. The first-order valence-corrected chi connectivity index (χ1v) is 6.98. The van der Waals surface area contributed by atoms with Crippen LogP contribution in [0.5, 0.6) is 0 Å². The highest BCUT2D eigenvalue weighted by molar-refractivity contribution is 7.80. The second-order valence-corrected chi connectivity index (χ2v) is 5.05. The second-order valence-electron chi connectivity index (χ2n) is 4.57. The highest BCUT2D eigenvalue weighted by Gasteiger charge is 2.30. The largest absolute Gasteiger partial charge is 0.393 e. The Balaban J connectivity index is 4.73. The first-order valence-electron chi connectivity index (χ1n) is 6.57. The lowest BCUT2D eigenvalue weighted by molar-refractivity contribution is -0.125. The molecular formula is C13H26N2OS. The molecule has 0 heterocycles. The standard InChI is InChI=1S/C13H26N2OS/c1-5-9-10(11(14)17)12(16)15-13(6-2,7-3)8-4/h10H,5-9H2,1-4H3,(H2,14,17)(H,15,16). The Morgan fingerprint density at radius 2 is 1.71 bits per heavy atom. The highest BCUT2D eigenvalue weighted by Crippen LogP contribution is 2.20. The van der Waals surface area contributed by atoms with Crippen LogP contribution in [0.4, 0.5) is 0 Å². The van der Waals surface area contributed by atoms with E-state index >= 15 is 0 Å². The van der Waals surface area contributed by atoms with E-state index < -0.39 is 0 Å². The van der Waals surface area contributed by atoms with Gasteiger partial charge < -0.3 is 11.1 Å². The molecule has 3 nitrogen and oxygen atoms in total. The van der Waals surface area contributed by atoms with Gasteiger partial charge >= 0.3 is 0 Å². The molecule has 17 heavy (non-hydrogen) atoms. The Kier molecular flexibility index (Phi) is 7.35. The number of hydrogen-bond donors (Lipinski definition) is 2. The fourth-order valence-corrected chi connectivity index (χ4v) is 2.28. The van der Waals surface area contributed by atoms with Crippen LogP contribution in [0.3, 0.4) is 0 Å². The molecule has 100 valence electrons. The van der Waals surface area contributed by atoms with Crippen LogP contribution < -0.4 is 11.1 Å². The summed E-state index contributed by atoms with van der Waals surface area (Å²) in [6, 6.07) is 0. The molecule has 3 N–H and O–H groups in total. The second kappa shape index (κ2) is 7.64. The number of hydrogen-bond acceptors (Lipinski definition) is 2. The van der Waals surface area contributed by atoms with E-state index in [0.29, 0.717) is 4.99 Å². The first-order chi connectivity index (χ1) is 7.96. The van der Waals surface area contributed by atoms with E-state index in [1.165, 1.54) is 0 Å². The zero-order valence-electron chi connectivity index (χ0n) is 11.5. The molecule has 0 saturated heterocycles. The summed E-state index contributed by atoms with van der Waals surface area (Å²) in [5, 5.41) is 3.14. The van der Waals surface area contributed by atoms with E-state index in [4.69, 9.17) is 18.0 Å². The van der Waals surface area contributed by atoms with Gasteiger partial charge in [-0.15, -0.1) is 0 Å². The topological polar surface area (TPSA) is 55.1 Å². The molecule has 0 radical (unpaired) electrons. The minimum atomic E-state index is -0.320. The minimum absolute atomic E-state index is 0.00935. The van der Waals surface area contributed by atoms with Gasteiger partial charge in [-0.2, -0.15) is 0 Å². The molecule has 0 aromatic carbocycles.